The van der Waals surface area contributed by atoms with Crippen LogP contribution in [0.2, 0.25) is 0 Å². The van der Waals surface area contributed by atoms with Crippen LogP contribution in [0.15, 0.2) is 23.5 Å². The Labute approximate surface area is 160 Å². The van der Waals surface area contributed by atoms with Crippen molar-refractivity contribution in [2.45, 2.75) is 0 Å². The van der Waals surface area contributed by atoms with Gasteiger partial charge >= 0.3 is 23.9 Å². The van der Waals surface area contributed by atoms with E-state index < -0.39 is 86.8 Å². The Balaban J connectivity index is 3.10. The van der Waals surface area contributed by atoms with Crippen LogP contribution in [0.1, 0.15) is 15.9 Å². The molecule has 1 aromatic carbocycles. The van der Waals surface area contributed by atoms with Crippen LogP contribution >= 0.6 is 0 Å². The van der Waals surface area contributed by atoms with E-state index in [0.29, 0.717) is 0 Å². The first-order valence-corrected chi connectivity index (χ1v) is 7.29. The minimum atomic E-state index is -4.42. The molecule has 0 heterocycles. The monoisotopic (exact) mass is 440 g/mol. The largest absolute Gasteiger partial charge is 0.481 e. The third-order valence-electron chi connectivity index (χ3n) is 4.24. The number of hydrogen-bond acceptors (Lipinski definition) is 4. The van der Waals surface area contributed by atoms with Crippen molar-refractivity contribution in [3.8, 4) is 0 Å². The quantitative estimate of drug-likeness (QED) is 0.310. The number of carbonyl (C=O) groups is 4. The first-order chi connectivity index (χ1) is 13.7. The van der Waals surface area contributed by atoms with Gasteiger partial charge in [0.05, 0.1) is 16.7 Å². The van der Waals surface area contributed by atoms with Crippen molar-refractivity contribution in [3.63, 3.8) is 0 Å². The van der Waals surface area contributed by atoms with Crippen molar-refractivity contribution < 1.29 is 65.9 Å². The predicted octanol–water partition coefficient (Wildman–Crippen LogP) is 2.50. The standard InChI is InChI=1S/C16H6F6O8/c17-3-1-2(12(23)24)7(18)4(8(3)19)5-9(20)6(13(25)26)16(14(27)28,15(29)30)11(22)10(5)21/h1,6H,(H,23,24)(H,25,26)(H,27,28)(H,29,30). The molecule has 14 heteroatoms. The molecule has 1 unspecified atom stereocenters. The van der Waals surface area contributed by atoms with Crippen molar-refractivity contribution in [1.82, 2.24) is 0 Å². The fourth-order valence-electron chi connectivity index (χ4n) is 2.88. The number of allylic oxidation sites excluding steroid dienone is 2. The Kier molecular flexibility index (Phi) is 5.39. The number of rotatable bonds is 5. The third-order valence-corrected chi connectivity index (χ3v) is 4.24. The molecule has 0 radical (unpaired) electrons. The molecule has 8 nitrogen and oxygen atoms in total. The van der Waals surface area contributed by atoms with Crippen LogP contribution in [0, 0.1) is 28.8 Å². The van der Waals surface area contributed by atoms with Gasteiger partial charge in [-0.25, -0.2) is 31.1 Å². The summed E-state index contributed by atoms with van der Waals surface area (Å²) in [5, 5.41) is 36.0. The zero-order valence-corrected chi connectivity index (χ0v) is 13.8. The predicted molar refractivity (Wildman–Crippen MR) is 79.4 cm³/mol. The van der Waals surface area contributed by atoms with Crippen molar-refractivity contribution in [2.24, 2.45) is 11.3 Å². The Morgan fingerprint density at radius 2 is 1.33 bits per heavy atom. The number of carboxylic acid groups (broad SMARTS) is 4. The number of hydrogen-bond donors (Lipinski definition) is 4. The summed E-state index contributed by atoms with van der Waals surface area (Å²) < 4.78 is 86.1. The van der Waals surface area contributed by atoms with E-state index in [9.17, 15) is 45.5 Å². The molecule has 0 spiro atoms. The summed E-state index contributed by atoms with van der Waals surface area (Å²) in [6.07, 6.45) is 0. The highest BCUT2D eigenvalue weighted by atomic mass is 19.2. The molecule has 2 rings (SSSR count). The Bertz CT molecular complexity index is 1080. The topological polar surface area (TPSA) is 149 Å². The second-order valence-electron chi connectivity index (χ2n) is 5.75. The van der Waals surface area contributed by atoms with E-state index in [1.807, 2.05) is 0 Å². The average molecular weight is 440 g/mol. The van der Waals surface area contributed by atoms with Crippen LogP contribution in [0.25, 0.3) is 5.57 Å². The molecule has 0 aromatic heterocycles. The number of halogens is 6. The van der Waals surface area contributed by atoms with Crippen molar-refractivity contribution in [2.75, 3.05) is 0 Å². The molecule has 1 atom stereocenters. The minimum absolute atomic E-state index is 0.233. The second-order valence-corrected chi connectivity index (χ2v) is 5.75. The van der Waals surface area contributed by atoms with Crippen molar-refractivity contribution in [1.29, 1.82) is 0 Å². The molecule has 0 saturated carbocycles. The summed E-state index contributed by atoms with van der Waals surface area (Å²) >= 11 is 0. The van der Waals surface area contributed by atoms with Crippen molar-refractivity contribution in [3.05, 3.63) is 52.1 Å². The van der Waals surface area contributed by atoms with Gasteiger partial charge in [0.25, 0.3) is 0 Å². The molecule has 0 fully saturated rings. The summed E-state index contributed by atoms with van der Waals surface area (Å²) in [7, 11) is 0. The molecule has 0 aliphatic heterocycles. The van der Waals surface area contributed by atoms with Crippen LogP contribution < -0.4 is 0 Å². The van der Waals surface area contributed by atoms with Gasteiger partial charge in [0.1, 0.15) is 17.6 Å². The summed E-state index contributed by atoms with van der Waals surface area (Å²) in [6.45, 7) is 0. The lowest BCUT2D eigenvalue weighted by molar-refractivity contribution is -0.173. The lowest BCUT2D eigenvalue weighted by Crippen LogP contribution is -2.51. The normalized spacial score (nSPS) is 18.4. The highest BCUT2D eigenvalue weighted by molar-refractivity contribution is 6.09. The van der Waals surface area contributed by atoms with Gasteiger partial charge in [0, 0.05) is 0 Å². The molecule has 0 bridgehead atoms. The van der Waals surface area contributed by atoms with E-state index in [2.05, 4.69) is 0 Å². The van der Waals surface area contributed by atoms with E-state index in [4.69, 9.17) is 20.4 Å². The molecule has 4 N–H and O–H groups in total. The second kappa shape index (κ2) is 7.20. The fourth-order valence-corrected chi connectivity index (χ4v) is 2.88. The number of aromatic carboxylic acids is 1. The molecule has 0 saturated heterocycles. The highest BCUT2D eigenvalue weighted by Crippen LogP contribution is 2.53. The van der Waals surface area contributed by atoms with Crippen LogP contribution in [-0.2, 0) is 14.4 Å². The van der Waals surface area contributed by atoms with Gasteiger partial charge in [-0.05, 0) is 6.07 Å². The third kappa shape index (κ3) is 2.79. The summed E-state index contributed by atoms with van der Waals surface area (Å²) in [6, 6.07) is -0.233. The van der Waals surface area contributed by atoms with Gasteiger partial charge in [-0.1, -0.05) is 0 Å². The Morgan fingerprint density at radius 1 is 0.833 bits per heavy atom. The fraction of sp³-hybridized carbons (Fsp3) is 0.125. The molecule has 160 valence electrons. The van der Waals surface area contributed by atoms with Gasteiger partial charge in [0.15, 0.2) is 23.3 Å². The lowest BCUT2D eigenvalue weighted by Gasteiger charge is -2.33. The SMILES string of the molecule is O=C(O)c1cc(F)c(F)c(C2=C(F)C(C(=O)O)C(C(=O)O)(C(=O)O)C(F)=C2F)c1F. The zero-order chi connectivity index (χ0) is 23.3. The number of carboxylic acids is 4. The summed E-state index contributed by atoms with van der Waals surface area (Å²) in [5.41, 5.74) is -10.7. The zero-order valence-electron chi connectivity index (χ0n) is 13.8. The molecule has 1 aromatic rings. The first-order valence-electron chi connectivity index (χ1n) is 7.29. The highest BCUT2D eigenvalue weighted by Gasteiger charge is 2.66. The Morgan fingerprint density at radius 3 is 1.73 bits per heavy atom. The van der Waals surface area contributed by atoms with Crippen LogP contribution in [0.3, 0.4) is 0 Å². The van der Waals surface area contributed by atoms with Gasteiger partial charge < -0.3 is 20.4 Å². The smallest absolute Gasteiger partial charge is 0.338 e. The molecule has 1 aliphatic carbocycles. The van der Waals surface area contributed by atoms with Crippen molar-refractivity contribution >= 4 is 29.5 Å². The van der Waals surface area contributed by atoms with E-state index in [0.717, 1.165) is 0 Å². The number of aliphatic carboxylic acids is 3. The van der Waals surface area contributed by atoms with Gasteiger partial charge in [-0.3, -0.25) is 14.4 Å². The maximum atomic E-state index is 14.8. The Hall–Kier alpha value is -3.84. The van der Waals surface area contributed by atoms with E-state index >= 15 is 0 Å². The van der Waals surface area contributed by atoms with Crippen LogP contribution in [0.4, 0.5) is 26.3 Å². The summed E-state index contributed by atoms with van der Waals surface area (Å²) in [4.78, 5) is 45.0. The van der Waals surface area contributed by atoms with Gasteiger partial charge in [-0.2, -0.15) is 0 Å². The molecule has 1 aliphatic rings. The first kappa shape index (κ1) is 22.4. The van der Waals surface area contributed by atoms with E-state index in [1.165, 1.54) is 0 Å². The van der Waals surface area contributed by atoms with Crippen LogP contribution in [-0.4, -0.2) is 44.3 Å². The van der Waals surface area contributed by atoms with E-state index in [1.54, 1.807) is 0 Å². The molecular formula is C16H6F6O8. The maximum absolute atomic E-state index is 14.8. The van der Waals surface area contributed by atoms with Crippen LogP contribution in [0.5, 0.6) is 0 Å². The molecular weight excluding hydrogens is 434 g/mol. The van der Waals surface area contributed by atoms with E-state index in [-0.39, 0.29) is 6.07 Å². The lowest BCUT2D eigenvalue weighted by atomic mass is 9.68. The molecule has 30 heavy (non-hydrogen) atoms. The molecule has 0 amide bonds. The number of benzene rings is 1. The van der Waals surface area contributed by atoms with Gasteiger partial charge in [0.2, 0.25) is 5.41 Å². The van der Waals surface area contributed by atoms with Gasteiger partial charge in [-0.15, -0.1) is 0 Å². The maximum Gasteiger partial charge on any atom is 0.338 e. The summed E-state index contributed by atoms with van der Waals surface area (Å²) in [5.74, 6) is -29.9. The minimum Gasteiger partial charge on any atom is -0.481 e. The average Bonchev–Trinajstić information content (AvgIpc) is 2.62.